The van der Waals surface area contributed by atoms with Gasteiger partial charge in [0.05, 0.1) is 12.5 Å². The molecule has 0 bridgehead atoms. The molecule has 2 fully saturated rings. The van der Waals surface area contributed by atoms with Gasteiger partial charge in [0, 0.05) is 25.0 Å². The van der Waals surface area contributed by atoms with Crippen LogP contribution in [0.4, 0.5) is 0 Å². The van der Waals surface area contributed by atoms with E-state index < -0.39 is 0 Å². The zero-order valence-electron chi connectivity index (χ0n) is 13.4. The highest BCUT2D eigenvalue weighted by Crippen LogP contribution is 2.23. The van der Waals surface area contributed by atoms with Crippen molar-refractivity contribution in [2.45, 2.75) is 38.3 Å². The van der Waals surface area contributed by atoms with Gasteiger partial charge in [-0.3, -0.25) is 9.69 Å². The fourth-order valence-electron chi connectivity index (χ4n) is 3.62. The summed E-state index contributed by atoms with van der Waals surface area (Å²) in [5, 5.41) is 3.02. The number of carbonyl (C=O) groups excluding carboxylic acids is 1. The van der Waals surface area contributed by atoms with E-state index in [1.807, 2.05) is 0 Å². The van der Waals surface area contributed by atoms with Crippen molar-refractivity contribution in [1.29, 1.82) is 0 Å². The first kappa shape index (κ1) is 15.5. The van der Waals surface area contributed by atoms with Crippen molar-refractivity contribution in [3.8, 4) is 0 Å². The van der Waals surface area contributed by atoms with Crippen LogP contribution in [0.15, 0.2) is 12.4 Å². The van der Waals surface area contributed by atoms with Gasteiger partial charge in [0.2, 0.25) is 5.91 Å². The summed E-state index contributed by atoms with van der Waals surface area (Å²) in [4.78, 5) is 24.5. The van der Waals surface area contributed by atoms with Gasteiger partial charge < -0.3 is 15.2 Å². The minimum Gasteiger partial charge on any atom is -0.349 e. The average molecular weight is 305 g/mol. The van der Waals surface area contributed by atoms with Gasteiger partial charge in [0.25, 0.3) is 0 Å². The molecule has 2 saturated heterocycles. The number of imidazole rings is 1. The van der Waals surface area contributed by atoms with Crippen LogP contribution in [0, 0.1) is 5.92 Å². The van der Waals surface area contributed by atoms with Gasteiger partial charge >= 0.3 is 0 Å². The Hall–Kier alpha value is -1.40. The van der Waals surface area contributed by atoms with Crippen molar-refractivity contribution in [2.75, 3.05) is 33.2 Å². The fraction of sp³-hybridized carbons (Fsp3) is 0.750. The van der Waals surface area contributed by atoms with Crippen molar-refractivity contribution in [3.63, 3.8) is 0 Å². The average Bonchev–Trinajstić information content (AvgIpc) is 3.07. The Morgan fingerprint density at radius 1 is 1.36 bits per heavy atom. The highest BCUT2D eigenvalue weighted by molar-refractivity contribution is 5.78. The number of hydrogen-bond donors (Lipinski definition) is 2. The fourth-order valence-corrected chi connectivity index (χ4v) is 3.62. The standard InChI is InChI=1S/C16H27N5O/c1-20-9-4-14(5-10-20)21-8-2-3-13(12-21)16(22)19-11-15-17-6-7-18-15/h6-7,13-14H,2-5,8-12H2,1H3,(H,17,18)(H,19,22). The van der Waals surface area contributed by atoms with Gasteiger partial charge in [-0.1, -0.05) is 0 Å². The lowest BCUT2D eigenvalue weighted by atomic mass is 9.93. The quantitative estimate of drug-likeness (QED) is 0.865. The second kappa shape index (κ2) is 7.24. The maximum Gasteiger partial charge on any atom is 0.224 e. The number of nitrogens with zero attached hydrogens (tertiary/aromatic N) is 3. The third kappa shape index (κ3) is 3.87. The van der Waals surface area contributed by atoms with Crippen molar-refractivity contribution in [3.05, 3.63) is 18.2 Å². The summed E-state index contributed by atoms with van der Waals surface area (Å²) < 4.78 is 0. The number of likely N-dealkylation sites (tertiary alicyclic amines) is 2. The first-order chi connectivity index (χ1) is 10.7. The number of carbonyl (C=O) groups is 1. The summed E-state index contributed by atoms with van der Waals surface area (Å²) in [5.74, 6) is 1.12. The zero-order valence-corrected chi connectivity index (χ0v) is 13.4. The predicted molar refractivity (Wildman–Crippen MR) is 85.3 cm³/mol. The number of H-pyrrole nitrogens is 1. The third-order valence-corrected chi connectivity index (χ3v) is 5.01. The number of aromatic amines is 1. The second-order valence-corrected chi connectivity index (χ2v) is 6.62. The molecule has 1 aromatic heterocycles. The number of hydrogen-bond acceptors (Lipinski definition) is 4. The van der Waals surface area contributed by atoms with Crippen LogP contribution >= 0.6 is 0 Å². The third-order valence-electron chi connectivity index (χ3n) is 5.01. The largest absolute Gasteiger partial charge is 0.349 e. The maximum atomic E-state index is 12.4. The van der Waals surface area contributed by atoms with E-state index in [2.05, 4.69) is 32.1 Å². The molecule has 1 amide bonds. The first-order valence-electron chi connectivity index (χ1n) is 8.41. The molecule has 22 heavy (non-hydrogen) atoms. The van der Waals surface area contributed by atoms with E-state index in [0.29, 0.717) is 12.6 Å². The van der Waals surface area contributed by atoms with Crippen LogP contribution in [-0.4, -0.2) is 64.9 Å². The smallest absolute Gasteiger partial charge is 0.224 e. The molecule has 0 radical (unpaired) electrons. The Bertz CT molecular complexity index is 467. The number of aromatic nitrogens is 2. The second-order valence-electron chi connectivity index (χ2n) is 6.62. The van der Waals surface area contributed by atoms with E-state index in [4.69, 9.17) is 0 Å². The molecule has 0 aromatic carbocycles. The molecule has 2 N–H and O–H groups in total. The van der Waals surface area contributed by atoms with Gasteiger partial charge in [-0.2, -0.15) is 0 Å². The van der Waals surface area contributed by atoms with Crippen molar-refractivity contribution in [2.24, 2.45) is 5.92 Å². The van der Waals surface area contributed by atoms with Gasteiger partial charge in [-0.15, -0.1) is 0 Å². The number of rotatable bonds is 4. The molecule has 6 heteroatoms. The van der Waals surface area contributed by atoms with Crippen LogP contribution in [-0.2, 0) is 11.3 Å². The Morgan fingerprint density at radius 3 is 2.91 bits per heavy atom. The molecule has 3 heterocycles. The van der Waals surface area contributed by atoms with E-state index in [9.17, 15) is 4.79 Å². The van der Waals surface area contributed by atoms with E-state index in [-0.39, 0.29) is 11.8 Å². The minimum atomic E-state index is 0.128. The molecular formula is C16H27N5O. The maximum absolute atomic E-state index is 12.4. The van der Waals surface area contributed by atoms with Crippen molar-refractivity contribution < 1.29 is 4.79 Å². The van der Waals surface area contributed by atoms with E-state index in [1.165, 1.54) is 25.9 Å². The van der Waals surface area contributed by atoms with E-state index >= 15 is 0 Å². The summed E-state index contributed by atoms with van der Waals surface area (Å²) in [7, 11) is 2.19. The van der Waals surface area contributed by atoms with E-state index in [0.717, 1.165) is 31.8 Å². The molecule has 2 aliphatic rings. The monoisotopic (exact) mass is 305 g/mol. The molecule has 122 valence electrons. The zero-order chi connectivity index (χ0) is 15.4. The molecule has 0 spiro atoms. The Morgan fingerprint density at radius 2 is 2.18 bits per heavy atom. The van der Waals surface area contributed by atoms with Crippen LogP contribution in [0.5, 0.6) is 0 Å². The predicted octanol–water partition coefficient (Wildman–Crippen LogP) is 0.832. The molecule has 6 nitrogen and oxygen atoms in total. The Labute approximate surface area is 132 Å². The van der Waals surface area contributed by atoms with Crippen LogP contribution in [0.1, 0.15) is 31.5 Å². The van der Waals surface area contributed by atoms with Gasteiger partial charge in [-0.05, 0) is 52.4 Å². The lowest BCUT2D eigenvalue weighted by Crippen LogP contribution is -2.50. The molecule has 3 rings (SSSR count). The lowest BCUT2D eigenvalue weighted by Gasteiger charge is -2.41. The molecule has 2 aliphatic heterocycles. The summed E-state index contributed by atoms with van der Waals surface area (Å²) in [6, 6.07) is 0.664. The van der Waals surface area contributed by atoms with Crippen LogP contribution < -0.4 is 5.32 Å². The Kier molecular flexibility index (Phi) is 5.10. The lowest BCUT2D eigenvalue weighted by molar-refractivity contribution is -0.127. The molecule has 1 unspecified atom stereocenters. The molecule has 0 saturated carbocycles. The van der Waals surface area contributed by atoms with Gasteiger partial charge in [0.15, 0.2) is 0 Å². The number of piperidine rings is 2. The molecular weight excluding hydrogens is 278 g/mol. The van der Waals surface area contributed by atoms with Crippen LogP contribution in [0.3, 0.4) is 0 Å². The minimum absolute atomic E-state index is 0.128. The summed E-state index contributed by atoms with van der Waals surface area (Å²) in [5.41, 5.74) is 0. The van der Waals surface area contributed by atoms with E-state index in [1.54, 1.807) is 12.4 Å². The summed E-state index contributed by atoms with van der Waals surface area (Å²) in [6.45, 7) is 4.91. The van der Waals surface area contributed by atoms with Crippen LogP contribution in [0.2, 0.25) is 0 Å². The number of nitrogens with one attached hydrogen (secondary N) is 2. The summed E-state index contributed by atoms with van der Waals surface area (Å²) in [6.07, 6.45) is 8.10. The normalized spacial score (nSPS) is 25.2. The summed E-state index contributed by atoms with van der Waals surface area (Å²) >= 11 is 0. The van der Waals surface area contributed by atoms with Crippen molar-refractivity contribution in [1.82, 2.24) is 25.1 Å². The van der Waals surface area contributed by atoms with Gasteiger partial charge in [0.1, 0.15) is 5.82 Å². The van der Waals surface area contributed by atoms with Crippen molar-refractivity contribution >= 4 is 5.91 Å². The molecule has 1 aromatic rings. The van der Waals surface area contributed by atoms with Gasteiger partial charge in [-0.25, -0.2) is 4.98 Å². The topological polar surface area (TPSA) is 64.3 Å². The Balaban J connectivity index is 1.48. The molecule has 0 aliphatic carbocycles. The SMILES string of the molecule is CN1CCC(N2CCCC(C(=O)NCc3ncc[nH]3)C2)CC1. The highest BCUT2D eigenvalue weighted by atomic mass is 16.1. The first-order valence-corrected chi connectivity index (χ1v) is 8.41. The van der Waals surface area contributed by atoms with Crippen LogP contribution in [0.25, 0.3) is 0 Å². The molecule has 1 atom stereocenters. The number of amides is 1. The highest BCUT2D eigenvalue weighted by Gasteiger charge is 2.31.